The number of hydrogen-bond donors (Lipinski definition) is 1. The number of rotatable bonds is 6. The number of aliphatic imine (C=N–C) groups is 1. The molecule has 1 heterocycles. The molecule has 29 heavy (non-hydrogen) atoms. The van der Waals surface area contributed by atoms with Crippen LogP contribution in [0.4, 0.5) is 14.5 Å². The SMILES string of the molecule is COc1cc(/C=C2\SC(=NC3CCCCC3)NC2=O)c([N+](=O)[O-])cc1OC(F)F. The van der Waals surface area contributed by atoms with Gasteiger partial charge in [0.2, 0.25) is 0 Å². The van der Waals surface area contributed by atoms with Gasteiger partial charge in [-0.15, -0.1) is 0 Å². The summed E-state index contributed by atoms with van der Waals surface area (Å²) in [5, 5.41) is 14.5. The molecule has 0 bridgehead atoms. The minimum Gasteiger partial charge on any atom is -0.493 e. The van der Waals surface area contributed by atoms with Crippen molar-refractivity contribution in [3.05, 3.63) is 32.7 Å². The number of benzene rings is 1. The monoisotopic (exact) mass is 427 g/mol. The van der Waals surface area contributed by atoms with Crippen molar-refractivity contribution in [2.45, 2.75) is 44.8 Å². The molecule has 1 aromatic carbocycles. The Labute approximate surface area is 169 Å². The fourth-order valence-electron chi connectivity index (χ4n) is 3.19. The molecule has 1 amide bonds. The summed E-state index contributed by atoms with van der Waals surface area (Å²) < 4.78 is 34.4. The largest absolute Gasteiger partial charge is 0.493 e. The first-order valence-corrected chi connectivity index (χ1v) is 9.79. The average molecular weight is 427 g/mol. The van der Waals surface area contributed by atoms with Crippen LogP contribution < -0.4 is 14.8 Å². The molecule has 2 aliphatic rings. The number of carbonyl (C=O) groups is 1. The van der Waals surface area contributed by atoms with Gasteiger partial charge < -0.3 is 14.8 Å². The number of nitrogens with zero attached hydrogens (tertiary/aromatic N) is 2. The fraction of sp³-hybridized carbons (Fsp3) is 0.444. The first kappa shape index (κ1) is 21.0. The van der Waals surface area contributed by atoms with E-state index in [2.05, 4.69) is 15.0 Å². The standard InChI is InChI=1S/C18H19F2N3O5S/c1-27-13-7-10(12(23(25)26)9-14(13)28-17(19)20)8-15-16(24)22-18(29-15)21-11-5-3-2-4-6-11/h7-9,11,17H,2-6H2,1H3,(H,21,22,24)/b15-8-. The Morgan fingerprint density at radius 1 is 1.31 bits per heavy atom. The van der Waals surface area contributed by atoms with Crippen LogP contribution in [-0.2, 0) is 4.79 Å². The molecule has 1 aliphatic carbocycles. The third-order valence-corrected chi connectivity index (χ3v) is 5.46. The van der Waals surface area contributed by atoms with Crippen LogP contribution in [0.5, 0.6) is 11.5 Å². The number of methoxy groups -OCH3 is 1. The average Bonchev–Trinajstić information content (AvgIpc) is 3.01. The molecule has 0 radical (unpaired) electrons. The smallest absolute Gasteiger partial charge is 0.387 e. The van der Waals surface area contributed by atoms with Crippen molar-refractivity contribution in [2.24, 2.45) is 4.99 Å². The fourth-order valence-corrected chi connectivity index (χ4v) is 4.08. The summed E-state index contributed by atoms with van der Waals surface area (Å²) in [5.74, 6) is -0.993. The number of carbonyl (C=O) groups excluding carboxylic acids is 1. The van der Waals surface area contributed by atoms with Crippen LogP contribution in [0, 0.1) is 10.1 Å². The van der Waals surface area contributed by atoms with E-state index < -0.39 is 28.9 Å². The molecule has 11 heteroatoms. The third-order valence-electron chi connectivity index (χ3n) is 4.54. The van der Waals surface area contributed by atoms with Crippen molar-refractivity contribution in [1.82, 2.24) is 5.32 Å². The maximum Gasteiger partial charge on any atom is 0.387 e. The van der Waals surface area contributed by atoms with Crippen LogP contribution in [0.1, 0.15) is 37.7 Å². The zero-order valence-electron chi connectivity index (χ0n) is 15.5. The summed E-state index contributed by atoms with van der Waals surface area (Å²) in [6.07, 6.45) is 6.63. The summed E-state index contributed by atoms with van der Waals surface area (Å²) >= 11 is 1.09. The quantitative estimate of drug-likeness (QED) is 0.417. The Bertz CT molecular complexity index is 869. The zero-order chi connectivity index (χ0) is 21.0. The second-order valence-corrected chi connectivity index (χ2v) is 7.52. The molecule has 2 fully saturated rings. The summed E-state index contributed by atoms with van der Waals surface area (Å²) in [6, 6.07) is 2.20. The number of alkyl halides is 2. The molecule has 1 aliphatic heterocycles. The third kappa shape index (κ3) is 5.22. The Morgan fingerprint density at radius 3 is 2.66 bits per heavy atom. The number of amides is 1. The van der Waals surface area contributed by atoms with Crippen LogP contribution in [-0.4, -0.2) is 35.8 Å². The number of hydrogen-bond acceptors (Lipinski definition) is 7. The molecule has 1 N–H and O–H groups in total. The van der Waals surface area contributed by atoms with Gasteiger partial charge in [0.15, 0.2) is 16.7 Å². The molecule has 0 aromatic heterocycles. The number of nitro benzene ring substituents is 1. The summed E-state index contributed by atoms with van der Waals surface area (Å²) in [4.78, 5) is 27.7. The van der Waals surface area contributed by atoms with Gasteiger partial charge in [0.1, 0.15) is 0 Å². The lowest BCUT2D eigenvalue weighted by molar-refractivity contribution is -0.385. The van der Waals surface area contributed by atoms with Gasteiger partial charge in [-0.25, -0.2) is 0 Å². The summed E-state index contributed by atoms with van der Waals surface area (Å²) in [6.45, 7) is -3.16. The van der Waals surface area contributed by atoms with Crippen LogP contribution in [0.15, 0.2) is 22.0 Å². The Morgan fingerprint density at radius 2 is 2.03 bits per heavy atom. The maximum absolute atomic E-state index is 12.6. The molecule has 1 saturated carbocycles. The van der Waals surface area contributed by atoms with Crippen LogP contribution >= 0.6 is 11.8 Å². The van der Waals surface area contributed by atoms with Gasteiger partial charge in [0, 0.05) is 0 Å². The zero-order valence-corrected chi connectivity index (χ0v) is 16.3. The van der Waals surface area contributed by atoms with Crippen molar-refractivity contribution in [3.63, 3.8) is 0 Å². The second kappa shape index (κ2) is 9.21. The van der Waals surface area contributed by atoms with Gasteiger partial charge in [-0.05, 0) is 36.7 Å². The molecule has 3 rings (SSSR count). The topological polar surface area (TPSA) is 103 Å². The van der Waals surface area contributed by atoms with E-state index in [9.17, 15) is 23.7 Å². The maximum atomic E-state index is 12.6. The van der Waals surface area contributed by atoms with E-state index >= 15 is 0 Å². The van der Waals surface area contributed by atoms with Crippen molar-refractivity contribution in [3.8, 4) is 11.5 Å². The number of nitrogens with one attached hydrogen (secondary N) is 1. The highest BCUT2D eigenvalue weighted by Gasteiger charge is 2.28. The molecule has 8 nitrogen and oxygen atoms in total. The Hall–Kier alpha value is -2.69. The molecule has 156 valence electrons. The van der Waals surface area contributed by atoms with E-state index in [0.717, 1.165) is 43.5 Å². The Kier molecular flexibility index (Phi) is 6.68. The van der Waals surface area contributed by atoms with Gasteiger partial charge in [-0.3, -0.25) is 19.9 Å². The van der Waals surface area contributed by atoms with E-state index in [-0.39, 0.29) is 22.3 Å². The summed E-state index contributed by atoms with van der Waals surface area (Å²) in [7, 11) is 1.22. The molecule has 0 atom stereocenters. The van der Waals surface area contributed by atoms with E-state index in [1.807, 2.05) is 0 Å². The lowest BCUT2D eigenvalue weighted by Gasteiger charge is -2.17. The first-order chi connectivity index (χ1) is 13.9. The highest BCUT2D eigenvalue weighted by molar-refractivity contribution is 8.18. The van der Waals surface area contributed by atoms with Crippen LogP contribution in [0.2, 0.25) is 0 Å². The number of halogens is 2. The normalized spacial score (nSPS) is 20.3. The van der Waals surface area contributed by atoms with Gasteiger partial charge in [-0.2, -0.15) is 8.78 Å². The molecule has 1 aromatic rings. The van der Waals surface area contributed by atoms with Crippen LogP contribution in [0.25, 0.3) is 6.08 Å². The van der Waals surface area contributed by atoms with E-state index in [1.54, 1.807) is 0 Å². The lowest BCUT2D eigenvalue weighted by Crippen LogP contribution is -2.22. The predicted octanol–water partition coefficient (Wildman–Crippen LogP) is 4.10. The molecule has 0 unspecified atom stereocenters. The van der Waals surface area contributed by atoms with Gasteiger partial charge in [-0.1, -0.05) is 19.3 Å². The predicted molar refractivity (Wildman–Crippen MR) is 104 cm³/mol. The van der Waals surface area contributed by atoms with E-state index in [4.69, 9.17) is 4.74 Å². The molecular weight excluding hydrogens is 408 g/mol. The van der Waals surface area contributed by atoms with Crippen molar-refractivity contribution >= 4 is 34.6 Å². The Balaban J connectivity index is 1.91. The van der Waals surface area contributed by atoms with Gasteiger partial charge >= 0.3 is 6.61 Å². The first-order valence-electron chi connectivity index (χ1n) is 8.97. The van der Waals surface area contributed by atoms with E-state index in [1.165, 1.54) is 25.7 Å². The second-order valence-electron chi connectivity index (χ2n) is 6.49. The van der Waals surface area contributed by atoms with Gasteiger partial charge in [0.05, 0.1) is 34.6 Å². The lowest BCUT2D eigenvalue weighted by atomic mass is 9.96. The van der Waals surface area contributed by atoms with E-state index in [0.29, 0.717) is 5.17 Å². The minimum absolute atomic E-state index is 0.0324. The highest BCUT2D eigenvalue weighted by Crippen LogP contribution is 2.38. The number of thioether (sulfide) groups is 1. The molecular formula is C18H19F2N3O5S. The van der Waals surface area contributed by atoms with Gasteiger partial charge in [0.25, 0.3) is 11.6 Å². The summed E-state index contributed by atoms with van der Waals surface area (Å²) in [5.41, 5.74) is -0.454. The molecule has 0 spiro atoms. The number of ether oxygens (including phenoxy) is 2. The van der Waals surface area contributed by atoms with Crippen molar-refractivity contribution in [1.29, 1.82) is 0 Å². The number of amidine groups is 1. The van der Waals surface area contributed by atoms with Crippen LogP contribution in [0.3, 0.4) is 0 Å². The highest BCUT2D eigenvalue weighted by atomic mass is 32.2. The van der Waals surface area contributed by atoms with Crippen molar-refractivity contribution < 1.29 is 28.0 Å². The minimum atomic E-state index is -3.16. The molecule has 1 saturated heterocycles. The van der Waals surface area contributed by atoms with Crippen molar-refractivity contribution in [2.75, 3.05) is 7.11 Å². The number of nitro groups is 1.